The van der Waals surface area contributed by atoms with E-state index in [4.69, 9.17) is 10.9 Å². The average Bonchev–Trinajstić information content (AvgIpc) is 2.40. The number of nitrogens with zero attached hydrogens (tertiary/aromatic N) is 3. The van der Waals surface area contributed by atoms with E-state index >= 15 is 0 Å². The number of amidine groups is 1. The molecule has 3 N–H and O–H groups in total. The highest BCUT2D eigenvalue weighted by Gasteiger charge is 2.12. The third-order valence-corrected chi connectivity index (χ3v) is 3.05. The first kappa shape index (κ1) is 16.4. The third kappa shape index (κ3) is 4.79. The summed E-state index contributed by atoms with van der Waals surface area (Å²) in [4.78, 5) is 4.17. The number of nitrogens with two attached hydrogens (primary N) is 1. The van der Waals surface area contributed by atoms with Crippen molar-refractivity contribution in [1.29, 1.82) is 0 Å². The zero-order valence-corrected chi connectivity index (χ0v) is 12.3. The van der Waals surface area contributed by atoms with Gasteiger partial charge in [0.05, 0.1) is 5.56 Å². The molecule has 0 radical (unpaired) electrons. The van der Waals surface area contributed by atoms with Crippen molar-refractivity contribution in [3.05, 3.63) is 35.1 Å². The zero-order valence-electron chi connectivity index (χ0n) is 12.3. The Morgan fingerprint density at radius 3 is 2.60 bits per heavy atom. The largest absolute Gasteiger partial charge is 0.409 e. The molecule has 0 atom stereocenters. The molecule has 1 aromatic rings. The fourth-order valence-corrected chi connectivity index (χ4v) is 1.98. The molecular formula is C14H23FN4O. The standard InChI is InChI=1S/C14H23FN4O/c1-18(2)8-5-9-19(3)10-11-6-4-7-12(13(11)15)14(16)17-20/h4,6-7,20H,5,8-10H2,1-3H3,(H2,16,17). The minimum absolute atomic E-state index is 0.131. The molecule has 0 aliphatic heterocycles. The lowest BCUT2D eigenvalue weighted by molar-refractivity contribution is 0.291. The van der Waals surface area contributed by atoms with Crippen LogP contribution in [0, 0.1) is 5.82 Å². The van der Waals surface area contributed by atoms with E-state index in [0.29, 0.717) is 12.1 Å². The second kappa shape index (κ2) is 7.81. The van der Waals surface area contributed by atoms with E-state index in [1.165, 1.54) is 6.07 Å². The summed E-state index contributed by atoms with van der Waals surface area (Å²) in [6, 6.07) is 4.92. The summed E-state index contributed by atoms with van der Waals surface area (Å²) in [5, 5.41) is 11.5. The molecule has 0 bridgehead atoms. The summed E-state index contributed by atoms with van der Waals surface area (Å²) in [7, 11) is 6.01. The van der Waals surface area contributed by atoms with Gasteiger partial charge in [-0.25, -0.2) is 4.39 Å². The maximum absolute atomic E-state index is 14.2. The van der Waals surface area contributed by atoms with Crippen molar-refractivity contribution in [3.8, 4) is 0 Å². The van der Waals surface area contributed by atoms with Crippen molar-refractivity contribution in [1.82, 2.24) is 9.80 Å². The first-order valence-corrected chi connectivity index (χ1v) is 6.54. The van der Waals surface area contributed by atoms with Gasteiger partial charge in [-0.3, -0.25) is 0 Å². The maximum atomic E-state index is 14.2. The molecule has 0 saturated carbocycles. The van der Waals surface area contributed by atoms with E-state index in [9.17, 15) is 4.39 Å². The lowest BCUT2D eigenvalue weighted by Crippen LogP contribution is -2.24. The summed E-state index contributed by atoms with van der Waals surface area (Å²) >= 11 is 0. The Hall–Kier alpha value is -1.66. The quantitative estimate of drug-likeness (QED) is 0.342. The van der Waals surface area contributed by atoms with E-state index in [1.54, 1.807) is 12.1 Å². The van der Waals surface area contributed by atoms with Crippen LogP contribution in [-0.4, -0.2) is 55.1 Å². The maximum Gasteiger partial charge on any atom is 0.173 e. The summed E-state index contributed by atoms with van der Waals surface area (Å²) in [5.74, 6) is -0.637. The van der Waals surface area contributed by atoms with Crippen LogP contribution >= 0.6 is 0 Å². The second-order valence-electron chi connectivity index (χ2n) is 5.16. The average molecular weight is 282 g/mol. The molecule has 1 rings (SSSR count). The second-order valence-corrected chi connectivity index (χ2v) is 5.16. The van der Waals surface area contributed by atoms with Crippen LogP contribution in [-0.2, 0) is 6.54 Å². The Kier molecular flexibility index (Phi) is 6.41. The predicted octanol–water partition coefficient (Wildman–Crippen LogP) is 1.30. The molecule has 112 valence electrons. The Morgan fingerprint density at radius 2 is 2.00 bits per heavy atom. The van der Waals surface area contributed by atoms with Gasteiger partial charge in [0.1, 0.15) is 5.82 Å². The van der Waals surface area contributed by atoms with Crippen molar-refractivity contribution in [2.45, 2.75) is 13.0 Å². The molecule has 0 aliphatic carbocycles. The Balaban J connectivity index is 2.68. The molecule has 0 aliphatic rings. The highest BCUT2D eigenvalue weighted by Crippen LogP contribution is 2.14. The fraction of sp³-hybridized carbons (Fsp3) is 0.500. The molecule has 20 heavy (non-hydrogen) atoms. The van der Waals surface area contributed by atoms with Crippen LogP contribution < -0.4 is 5.73 Å². The van der Waals surface area contributed by atoms with E-state index < -0.39 is 5.82 Å². The van der Waals surface area contributed by atoms with Gasteiger partial charge in [-0.1, -0.05) is 17.3 Å². The van der Waals surface area contributed by atoms with Crippen LogP contribution in [0.3, 0.4) is 0 Å². The molecule has 0 heterocycles. The van der Waals surface area contributed by atoms with Crippen LogP contribution in [0.5, 0.6) is 0 Å². The van der Waals surface area contributed by atoms with Gasteiger partial charge in [-0.05, 0) is 46.7 Å². The number of rotatable bonds is 7. The summed E-state index contributed by atoms with van der Waals surface area (Å²) in [5.41, 5.74) is 6.12. The van der Waals surface area contributed by atoms with E-state index in [2.05, 4.69) is 15.0 Å². The number of hydrogen-bond donors (Lipinski definition) is 2. The number of oxime groups is 1. The molecule has 0 aromatic heterocycles. The van der Waals surface area contributed by atoms with Gasteiger partial charge in [-0.15, -0.1) is 0 Å². The summed E-state index contributed by atoms with van der Waals surface area (Å²) < 4.78 is 14.2. The van der Waals surface area contributed by atoms with Gasteiger partial charge in [0.25, 0.3) is 0 Å². The molecule has 0 spiro atoms. The lowest BCUT2D eigenvalue weighted by Gasteiger charge is -2.19. The smallest absolute Gasteiger partial charge is 0.173 e. The van der Waals surface area contributed by atoms with Gasteiger partial charge in [0.15, 0.2) is 5.84 Å². The van der Waals surface area contributed by atoms with E-state index in [0.717, 1.165) is 19.5 Å². The van der Waals surface area contributed by atoms with Gasteiger partial charge in [-0.2, -0.15) is 0 Å². The lowest BCUT2D eigenvalue weighted by atomic mass is 10.1. The summed E-state index contributed by atoms with van der Waals surface area (Å²) in [6.45, 7) is 2.37. The minimum Gasteiger partial charge on any atom is -0.409 e. The Morgan fingerprint density at radius 1 is 1.30 bits per heavy atom. The number of hydrogen-bond acceptors (Lipinski definition) is 4. The highest BCUT2D eigenvalue weighted by atomic mass is 19.1. The number of halogens is 1. The van der Waals surface area contributed by atoms with Crippen LogP contribution in [0.1, 0.15) is 17.5 Å². The SMILES string of the molecule is CN(C)CCCN(C)Cc1cccc(/C(N)=N/O)c1F. The van der Waals surface area contributed by atoms with Gasteiger partial charge in [0.2, 0.25) is 0 Å². The first-order chi connectivity index (χ1) is 9.45. The molecule has 0 saturated heterocycles. The fourth-order valence-electron chi connectivity index (χ4n) is 1.98. The van der Waals surface area contributed by atoms with Crippen molar-refractivity contribution in [2.24, 2.45) is 10.9 Å². The first-order valence-electron chi connectivity index (χ1n) is 6.54. The molecule has 0 amide bonds. The van der Waals surface area contributed by atoms with Crippen LogP contribution in [0.2, 0.25) is 0 Å². The van der Waals surface area contributed by atoms with Gasteiger partial charge in [0, 0.05) is 12.1 Å². The van der Waals surface area contributed by atoms with E-state index in [-0.39, 0.29) is 11.4 Å². The van der Waals surface area contributed by atoms with Crippen LogP contribution in [0.25, 0.3) is 0 Å². The normalized spacial score (nSPS) is 12.4. The molecular weight excluding hydrogens is 259 g/mol. The van der Waals surface area contributed by atoms with Crippen LogP contribution in [0.15, 0.2) is 23.4 Å². The van der Waals surface area contributed by atoms with Crippen molar-refractivity contribution < 1.29 is 9.60 Å². The van der Waals surface area contributed by atoms with Gasteiger partial charge >= 0.3 is 0 Å². The third-order valence-electron chi connectivity index (χ3n) is 3.05. The zero-order chi connectivity index (χ0) is 15.1. The minimum atomic E-state index is -0.428. The van der Waals surface area contributed by atoms with Crippen molar-refractivity contribution in [3.63, 3.8) is 0 Å². The molecule has 1 aromatic carbocycles. The molecule has 5 nitrogen and oxygen atoms in total. The molecule has 0 unspecified atom stereocenters. The molecule has 6 heteroatoms. The van der Waals surface area contributed by atoms with Crippen molar-refractivity contribution in [2.75, 3.05) is 34.2 Å². The Bertz CT molecular complexity index is 462. The topological polar surface area (TPSA) is 65.1 Å². The highest BCUT2D eigenvalue weighted by molar-refractivity contribution is 5.97. The number of benzene rings is 1. The Labute approximate surface area is 119 Å². The summed E-state index contributed by atoms with van der Waals surface area (Å²) in [6.07, 6.45) is 1.02. The van der Waals surface area contributed by atoms with Crippen LogP contribution in [0.4, 0.5) is 4.39 Å². The predicted molar refractivity (Wildman–Crippen MR) is 78.4 cm³/mol. The van der Waals surface area contributed by atoms with E-state index in [1.807, 2.05) is 21.1 Å². The van der Waals surface area contributed by atoms with Gasteiger partial charge < -0.3 is 20.7 Å². The monoisotopic (exact) mass is 282 g/mol. The molecule has 0 fully saturated rings. The van der Waals surface area contributed by atoms with Crippen molar-refractivity contribution >= 4 is 5.84 Å².